The summed E-state index contributed by atoms with van der Waals surface area (Å²) in [4.78, 5) is 0. The van der Waals surface area contributed by atoms with Crippen molar-refractivity contribution in [3.8, 4) is 0 Å². The predicted molar refractivity (Wildman–Crippen MR) is 87.2 cm³/mol. The minimum absolute atomic E-state index is 0.127. The van der Waals surface area contributed by atoms with Gasteiger partial charge in [-0.3, -0.25) is 0 Å². The van der Waals surface area contributed by atoms with Crippen LogP contribution in [0.3, 0.4) is 0 Å². The highest BCUT2D eigenvalue weighted by Gasteiger charge is 2.38. The fourth-order valence-corrected chi connectivity index (χ4v) is 3.20. The molecule has 0 saturated heterocycles. The summed E-state index contributed by atoms with van der Waals surface area (Å²) in [5, 5.41) is 3.52. The van der Waals surface area contributed by atoms with E-state index >= 15 is 0 Å². The summed E-state index contributed by atoms with van der Waals surface area (Å²) < 4.78 is 20.5. The summed E-state index contributed by atoms with van der Waals surface area (Å²) in [6, 6.07) is 3.54. The zero-order chi connectivity index (χ0) is 16.0. The van der Waals surface area contributed by atoms with Gasteiger partial charge in [-0.25, -0.2) is 4.39 Å². The number of aryl methyl sites for hydroxylation is 2. The molecule has 0 aliphatic heterocycles. The van der Waals surface area contributed by atoms with E-state index in [2.05, 4.69) is 26.1 Å². The second-order valence-corrected chi connectivity index (χ2v) is 5.84. The maximum absolute atomic E-state index is 14.6. The van der Waals surface area contributed by atoms with E-state index in [9.17, 15) is 4.39 Å². The Balaban J connectivity index is 3.37. The molecule has 120 valence electrons. The first-order chi connectivity index (χ1) is 9.95. The van der Waals surface area contributed by atoms with Crippen LogP contribution in [0.1, 0.15) is 62.8 Å². The third kappa shape index (κ3) is 3.83. The number of hydrogen-bond donors (Lipinski definition) is 1. The van der Waals surface area contributed by atoms with Crippen molar-refractivity contribution in [3.05, 3.63) is 34.6 Å². The van der Waals surface area contributed by atoms with E-state index in [0.29, 0.717) is 0 Å². The Labute approximate surface area is 129 Å². The second-order valence-electron chi connectivity index (χ2n) is 5.84. The van der Waals surface area contributed by atoms with Gasteiger partial charge in [-0.1, -0.05) is 26.8 Å². The van der Waals surface area contributed by atoms with E-state index in [4.69, 9.17) is 4.74 Å². The SMILES string of the molecule is CCCNC(c1c(C)cc(C)cc1F)C(CC)(CC)OC. The molecule has 0 saturated carbocycles. The van der Waals surface area contributed by atoms with Crippen LogP contribution >= 0.6 is 0 Å². The molecule has 0 amide bonds. The fourth-order valence-electron chi connectivity index (χ4n) is 3.20. The highest BCUT2D eigenvalue weighted by atomic mass is 19.1. The van der Waals surface area contributed by atoms with Gasteiger partial charge in [-0.2, -0.15) is 0 Å². The molecular formula is C18H30FNO. The number of hydrogen-bond acceptors (Lipinski definition) is 2. The van der Waals surface area contributed by atoms with Gasteiger partial charge >= 0.3 is 0 Å². The molecule has 3 heteroatoms. The zero-order valence-corrected chi connectivity index (χ0v) is 14.3. The normalized spacial score (nSPS) is 13.5. The average Bonchev–Trinajstić information content (AvgIpc) is 2.45. The lowest BCUT2D eigenvalue weighted by Crippen LogP contribution is -2.45. The van der Waals surface area contributed by atoms with Crippen molar-refractivity contribution >= 4 is 0 Å². The largest absolute Gasteiger partial charge is 0.376 e. The van der Waals surface area contributed by atoms with Crippen LogP contribution in [0.15, 0.2) is 12.1 Å². The van der Waals surface area contributed by atoms with Crippen molar-refractivity contribution in [2.45, 2.75) is 65.5 Å². The summed E-state index contributed by atoms with van der Waals surface area (Å²) in [6.07, 6.45) is 2.69. The quantitative estimate of drug-likeness (QED) is 0.751. The first-order valence-corrected chi connectivity index (χ1v) is 8.00. The average molecular weight is 295 g/mol. The van der Waals surface area contributed by atoms with E-state index in [1.54, 1.807) is 13.2 Å². The van der Waals surface area contributed by atoms with E-state index in [0.717, 1.165) is 42.5 Å². The molecule has 1 aromatic carbocycles. The summed E-state index contributed by atoms with van der Waals surface area (Å²) in [5.41, 5.74) is 2.32. The van der Waals surface area contributed by atoms with Crippen LogP contribution in [0.4, 0.5) is 4.39 Å². The van der Waals surface area contributed by atoms with Gasteiger partial charge < -0.3 is 10.1 Å². The van der Waals surface area contributed by atoms with Gasteiger partial charge in [-0.15, -0.1) is 0 Å². The molecule has 1 atom stereocenters. The lowest BCUT2D eigenvalue weighted by molar-refractivity contribution is -0.0495. The Kier molecular flexibility index (Phi) is 6.82. The van der Waals surface area contributed by atoms with Crippen molar-refractivity contribution in [2.24, 2.45) is 0 Å². The lowest BCUT2D eigenvalue weighted by Gasteiger charge is -2.40. The topological polar surface area (TPSA) is 21.3 Å². The third-order valence-corrected chi connectivity index (χ3v) is 4.50. The molecule has 1 rings (SSSR count). The maximum Gasteiger partial charge on any atom is 0.128 e. The van der Waals surface area contributed by atoms with Gasteiger partial charge in [0.15, 0.2) is 0 Å². The van der Waals surface area contributed by atoms with Gasteiger partial charge in [0.1, 0.15) is 5.82 Å². The van der Waals surface area contributed by atoms with Crippen LogP contribution in [0.2, 0.25) is 0 Å². The molecule has 0 aliphatic rings. The number of halogens is 1. The van der Waals surface area contributed by atoms with E-state index in [-0.39, 0.29) is 17.5 Å². The third-order valence-electron chi connectivity index (χ3n) is 4.50. The Morgan fingerprint density at radius 3 is 2.24 bits per heavy atom. The number of ether oxygens (including phenoxy) is 1. The Hall–Kier alpha value is -0.930. The van der Waals surface area contributed by atoms with Gasteiger partial charge in [0.2, 0.25) is 0 Å². The van der Waals surface area contributed by atoms with Crippen LogP contribution in [0.5, 0.6) is 0 Å². The van der Waals surface area contributed by atoms with Crippen LogP contribution in [0.25, 0.3) is 0 Å². The summed E-state index contributed by atoms with van der Waals surface area (Å²) >= 11 is 0. The van der Waals surface area contributed by atoms with Crippen LogP contribution in [0, 0.1) is 19.7 Å². The molecule has 2 nitrogen and oxygen atoms in total. The van der Waals surface area contributed by atoms with Crippen LogP contribution in [-0.4, -0.2) is 19.3 Å². The molecule has 0 aliphatic carbocycles. The van der Waals surface area contributed by atoms with Crippen molar-refractivity contribution < 1.29 is 9.13 Å². The smallest absolute Gasteiger partial charge is 0.128 e. The molecule has 1 unspecified atom stereocenters. The first kappa shape index (κ1) is 18.1. The molecule has 21 heavy (non-hydrogen) atoms. The predicted octanol–water partition coefficient (Wildman–Crippen LogP) is 4.69. The molecule has 0 fully saturated rings. The molecule has 1 aromatic rings. The fraction of sp³-hybridized carbons (Fsp3) is 0.667. The number of methoxy groups -OCH3 is 1. The van der Waals surface area contributed by atoms with Gasteiger partial charge in [0.05, 0.1) is 11.6 Å². The van der Waals surface area contributed by atoms with Crippen molar-refractivity contribution in [1.29, 1.82) is 0 Å². The van der Waals surface area contributed by atoms with E-state index in [1.165, 1.54) is 0 Å². The minimum atomic E-state index is -0.379. The van der Waals surface area contributed by atoms with Gasteiger partial charge in [0.25, 0.3) is 0 Å². The Morgan fingerprint density at radius 2 is 1.81 bits per heavy atom. The second kappa shape index (κ2) is 7.90. The summed E-state index contributed by atoms with van der Waals surface area (Å²) in [6.45, 7) is 11.1. The summed E-state index contributed by atoms with van der Waals surface area (Å²) in [7, 11) is 1.73. The highest BCUT2D eigenvalue weighted by molar-refractivity contribution is 5.36. The molecule has 1 N–H and O–H groups in total. The zero-order valence-electron chi connectivity index (χ0n) is 14.3. The molecule has 0 radical (unpaired) electrons. The highest BCUT2D eigenvalue weighted by Crippen LogP contribution is 2.37. The van der Waals surface area contributed by atoms with Gasteiger partial charge in [-0.05, 0) is 56.8 Å². The maximum atomic E-state index is 14.6. The number of benzene rings is 1. The minimum Gasteiger partial charge on any atom is -0.376 e. The van der Waals surface area contributed by atoms with Crippen LogP contribution in [-0.2, 0) is 4.74 Å². The van der Waals surface area contributed by atoms with Crippen molar-refractivity contribution in [2.75, 3.05) is 13.7 Å². The van der Waals surface area contributed by atoms with E-state index in [1.807, 2.05) is 19.9 Å². The molecule has 0 bridgehead atoms. The number of rotatable bonds is 8. The Bertz CT molecular complexity index is 423. The molecule has 0 spiro atoms. The van der Waals surface area contributed by atoms with Crippen molar-refractivity contribution in [1.82, 2.24) is 5.32 Å². The van der Waals surface area contributed by atoms with Crippen LogP contribution < -0.4 is 5.32 Å². The standard InChI is InChI=1S/C18H30FNO/c1-7-10-20-17(18(8-2,9-3)21-6)16-14(5)11-13(4)12-15(16)19/h11-12,17,20H,7-10H2,1-6H3. The monoisotopic (exact) mass is 295 g/mol. The lowest BCUT2D eigenvalue weighted by atomic mass is 9.81. The van der Waals surface area contributed by atoms with Crippen molar-refractivity contribution in [3.63, 3.8) is 0 Å². The van der Waals surface area contributed by atoms with Gasteiger partial charge in [0, 0.05) is 12.7 Å². The summed E-state index contributed by atoms with van der Waals surface area (Å²) in [5.74, 6) is -0.135. The van der Waals surface area contributed by atoms with E-state index < -0.39 is 0 Å². The molecule has 0 aromatic heterocycles. The number of nitrogens with one attached hydrogen (secondary N) is 1. The molecule has 0 heterocycles. The molecular weight excluding hydrogens is 265 g/mol. The Morgan fingerprint density at radius 1 is 1.19 bits per heavy atom. The first-order valence-electron chi connectivity index (χ1n) is 8.00.